The first-order valence-electron chi connectivity index (χ1n) is 12.4. The molecular weight excluding hydrogens is 476 g/mol. The first-order valence-corrected chi connectivity index (χ1v) is 12.4. The number of ketones is 1. The Kier molecular flexibility index (Phi) is 8.35. The molecule has 2 fully saturated rings. The minimum absolute atomic E-state index is 0.0690. The van der Waals surface area contributed by atoms with Gasteiger partial charge in [0.1, 0.15) is 30.3 Å². The van der Waals surface area contributed by atoms with E-state index in [9.17, 15) is 14.7 Å². The molecule has 198 valence electrons. The molecule has 2 aliphatic rings. The highest BCUT2D eigenvalue weighted by Crippen LogP contribution is 2.43. The van der Waals surface area contributed by atoms with E-state index in [2.05, 4.69) is 0 Å². The Morgan fingerprint density at radius 2 is 1.70 bits per heavy atom. The zero-order valence-corrected chi connectivity index (χ0v) is 21.8. The van der Waals surface area contributed by atoms with Crippen LogP contribution >= 0.6 is 0 Å². The summed E-state index contributed by atoms with van der Waals surface area (Å²) in [6.07, 6.45) is 0.687. The molecule has 2 aromatic carbocycles. The Morgan fingerprint density at radius 1 is 1.03 bits per heavy atom. The standard InChI is InChI=1S/C28H34N2O7/c1-18-16-19(34-2)6-8-21(18)26(31)24-25(22-9-7-20(35-3)17-23(22)36-4)30(28(33)27(24)32)11-5-10-29-12-14-37-15-13-29/h6-9,16-17,25,31H,5,10-15H2,1-4H3. The number of nitrogens with zero attached hydrogens (tertiary/aromatic N) is 1. The third kappa shape index (κ3) is 5.42. The summed E-state index contributed by atoms with van der Waals surface area (Å²) in [6.45, 7) is 6.22. The van der Waals surface area contributed by atoms with E-state index in [1.54, 1.807) is 57.5 Å². The van der Waals surface area contributed by atoms with E-state index < -0.39 is 23.5 Å². The Hall–Kier alpha value is -3.56. The highest BCUT2D eigenvalue weighted by Gasteiger charge is 2.45. The summed E-state index contributed by atoms with van der Waals surface area (Å²) in [4.78, 5) is 29.6. The van der Waals surface area contributed by atoms with Crippen LogP contribution in [0.3, 0.4) is 0 Å². The van der Waals surface area contributed by atoms with Crippen molar-refractivity contribution >= 4 is 17.4 Å². The van der Waals surface area contributed by atoms with Crippen molar-refractivity contribution in [3.05, 3.63) is 58.7 Å². The van der Waals surface area contributed by atoms with Crippen molar-refractivity contribution in [3.8, 4) is 17.2 Å². The lowest BCUT2D eigenvalue weighted by Gasteiger charge is -2.30. The zero-order chi connectivity index (χ0) is 26.5. The monoisotopic (exact) mass is 510 g/mol. The van der Waals surface area contributed by atoms with Gasteiger partial charge < -0.3 is 33.9 Å². The number of carbonyl (C=O) groups excluding carboxylic acids is 2. The number of likely N-dealkylation sites (tertiary alicyclic amines) is 1. The van der Waals surface area contributed by atoms with Gasteiger partial charge >= 0.3 is 0 Å². The average Bonchev–Trinajstić information content (AvgIpc) is 3.17. The average molecular weight is 511 g/mol. The van der Waals surface area contributed by atoms with Crippen molar-refractivity contribution in [2.75, 3.05) is 60.7 Å². The molecule has 2 aliphatic heterocycles. The van der Waals surface area contributed by atoms with Gasteiger partial charge in [0.2, 0.25) is 5.78 Å². The number of carbonyl (C=O) groups is 2. The molecule has 1 atom stereocenters. The fraction of sp³-hybridized carbons (Fsp3) is 0.429. The molecule has 2 saturated heterocycles. The second-order valence-electron chi connectivity index (χ2n) is 9.23. The fourth-order valence-corrected chi connectivity index (χ4v) is 5.04. The predicted octanol–water partition coefficient (Wildman–Crippen LogP) is 0.550. The number of Topliss-reactive ketones (excluding diaryl/α,β-unsaturated/α-hetero) is 1. The molecule has 1 amide bonds. The van der Waals surface area contributed by atoms with Gasteiger partial charge in [-0.05, 0) is 42.3 Å². The SMILES string of the molecule is COc1ccc(C([O-])=C2C(=O)C(=O)N(CCC[NH+]3CCOCC3)C2c2ccc(OC)cc2OC)c(C)c1. The lowest BCUT2D eigenvalue weighted by atomic mass is 9.93. The summed E-state index contributed by atoms with van der Waals surface area (Å²) < 4.78 is 21.6. The number of amides is 1. The van der Waals surface area contributed by atoms with Crippen LogP contribution in [-0.2, 0) is 14.3 Å². The van der Waals surface area contributed by atoms with Crippen molar-refractivity contribution in [1.82, 2.24) is 4.90 Å². The van der Waals surface area contributed by atoms with Gasteiger partial charge in [0.25, 0.3) is 5.91 Å². The smallest absolute Gasteiger partial charge is 0.295 e. The number of rotatable bonds is 9. The molecule has 9 heteroatoms. The number of hydrogen-bond donors (Lipinski definition) is 1. The molecule has 0 spiro atoms. The van der Waals surface area contributed by atoms with Gasteiger partial charge in [0, 0.05) is 30.2 Å². The third-order valence-electron chi connectivity index (χ3n) is 7.07. The highest BCUT2D eigenvalue weighted by atomic mass is 16.5. The van der Waals surface area contributed by atoms with Crippen LogP contribution in [0, 0.1) is 6.92 Å². The van der Waals surface area contributed by atoms with Gasteiger partial charge in [-0.2, -0.15) is 0 Å². The Bertz CT molecular complexity index is 1190. The predicted molar refractivity (Wildman–Crippen MR) is 135 cm³/mol. The van der Waals surface area contributed by atoms with Gasteiger partial charge in [-0.15, -0.1) is 0 Å². The number of benzene rings is 2. The van der Waals surface area contributed by atoms with Gasteiger partial charge in [0.15, 0.2) is 0 Å². The summed E-state index contributed by atoms with van der Waals surface area (Å²) in [5, 5.41) is 13.8. The lowest BCUT2D eigenvalue weighted by Crippen LogP contribution is -3.14. The summed E-state index contributed by atoms with van der Waals surface area (Å²) in [6, 6.07) is 9.36. The number of methoxy groups -OCH3 is 3. The van der Waals surface area contributed by atoms with Crippen molar-refractivity contribution in [1.29, 1.82) is 0 Å². The number of hydrogen-bond acceptors (Lipinski definition) is 7. The molecule has 0 saturated carbocycles. The number of quaternary nitrogens is 1. The molecule has 1 unspecified atom stereocenters. The van der Waals surface area contributed by atoms with Crippen LogP contribution in [0.2, 0.25) is 0 Å². The van der Waals surface area contributed by atoms with Crippen LogP contribution in [0.5, 0.6) is 17.2 Å². The van der Waals surface area contributed by atoms with E-state index in [1.807, 2.05) is 0 Å². The molecule has 0 aromatic heterocycles. The van der Waals surface area contributed by atoms with Crippen LogP contribution in [0.15, 0.2) is 42.0 Å². The molecule has 4 rings (SSSR count). The quantitative estimate of drug-likeness (QED) is 0.299. The molecule has 2 heterocycles. The van der Waals surface area contributed by atoms with Gasteiger partial charge in [-0.25, -0.2) is 0 Å². The van der Waals surface area contributed by atoms with Gasteiger partial charge in [-0.3, -0.25) is 9.59 Å². The maximum absolute atomic E-state index is 13.8. The molecule has 0 bridgehead atoms. The normalized spacial score (nSPS) is 19.8. The van der Waals surface area contributed by atoms with Crippen molar-refractivity contribution in [3.63, 3.8) is 0 Å². The van der Waals surface area contributed by atoms with Crippen LogP contribution < -0.4 is 24.2 Å². The first kappa shape index (κ1) is 26.5. The Labute approximate surface area is 217 Å². The highest BCUT2D eigenvalue weighted by molar-refractivity contribution is 6.46. The van der Waals surface area contributed by atoms with Crippen molar-refractivity contribution < 1.29 is 38.5 Å². The van der Waals surface area contributed by atoms with E-state index in [4.69, 9.17) is 18.9 Å². The summed E-state index contributed by atoms with van der Waals surface area (Å²) in [5.74, 6) is -0.308. The number of aryl methyl sites for hydroxylation is 1. The van der Waals surface area contributed by atoms with Crippen LogP contribution in [0.1, 0.15) is 29.2 Å². The zero-order valence-electron chi connectivity index (χ0n) is 21.8. The van der Waals surface area contributed by atoms with E-state index in [1.165, 1.54) is 16.9 Å². The minimum atomic E-state index is -0.866. The topological polar surface area (TPSA) is 102 Å². The maximum atomic E-state index is 13.8. The van der Waals surface area contributed by atoms with Crippen LogP contribution in [0.25, 0.3) is 5.76 Å². The van der Waals surface area contributed by atoms with Crippen molar-refractivity contribution in [2.24, 2.45) is 0 Å². The van der Waals surface area contributed by atoms with Crippen LogP contribution in [-0.4, -0.2) is 77.3 Å². The largest absolute Gasteiger partial charge is 0.872 e. The fourth-order valence-electron chi connectivity index (χ4n) is 5.04. The van der Waals surface area contributed by atoms with E-state index in [-0.39, 0.29) is 5.57 Å². The maximum Gasteiger partial charge on any atom is 0.295 e. The van der Waals surface area contributed by atoms with Gasteiger partial charge in [-0.1, -0.05) is 11.8 Å². The van der Waals surface area contributed by atoms with E-state index >= 15 is 0 Å². The summed E-state index contributed by atoms with van der Waals surface area (Å²) in [7, 11) is 4.61. The Morgan fingerprint density at radius 3 is 2.35 bits per heavy atom. The lowest BCUT2D eigenvalue weighted by molar-refractivity contribution is -0.908. The molecular formula is C28H34N2O7. The van der Waals surface area contributed by atoms with Crippen LogP contribution in [0.4, 0.5) is 0 Å². The van der Waals surface area contributed by atoms with Crippen molar-refractivity contribution in [2.45, 2.75) is 19.4 Å². The van der Waals surface area contributed by atoms with E-state index in [0.29, 0.717) is 46.9 Å². The number of nitrogens with one attached hydrogen (secondary N) is 1. The minimum Gasteiger partial charge on any atom is -0.872 e. The van der Waals surface area contributed by atoms with Gasteiger partial charge in [0.05, 0.1) is 47.1 Å². The first-order chi connectivity index (χ1) is 17.9. The number of ether oxygens (including phenoxy) is 4. The Balaban J connectivity index is 1.76. The number of morpholine rings is 1. The molecule has 2 aromatic rings. The summed E-state index contributed by atoms with van der Waals surface area (Å²) in [5.41, 5.74) is 1.51. The molecule has 1 N–H and O–H groups in total. The molecule has 0 radical (unpaired) electrons. The third-order valence-corrected chi connectivity index (χ3v) is 7.07. The molecule has 0 aliphatic carbocycles. The van der Waals surface area contributed by atoms with E-state index in [0.717, 1.165) is 32.8 Å². The summed E-state index contributed by atoms with van der Waals surface area (Å²) >= 11 is 0. The molecule has 9 nitrogen and oxygen atoms in total. The molecule has 37 heavy (non-hydrogen) atoms. The second-order valence-corrected chi connectivity index (χ2v) is 9.23. The second kappa shape index (κ2) is 11.7.